The van der Waals surface area contributed by atoms with Gasteiger partial charge in [-0.15, -0.1) is 0 Å². The molecule has 0 aromatic carbocycles. The summed E-state index contributed by atoms with van der Waals surface area (Å²) in [5.74, 6) is 0.517. The Labute approximate surface area is 131 Å². The summed E-state index contributed by atoms with van der Waals surface area (Å²) in [6.07, 6.45) is 17.4. The van der Waals surface area contributed by atoms with Crippen molar-refractivity contribution in [1.29, 1.82) is 0 Å². The van der Waals surface area contributed by atoms with E-state index in [1.807, 2.05) is 6.92 Å². The molecule has 0 heterocycles. The summed E-state index contributed by atoms with van der Waals surface area (Å²) >= 11 is 0. The van der Waals surface area contributed by atoms with Crippen LogP contribution in [0, 0.1) is 5.92 Å². The molecule has 0 aromatic heterocycles. The van der Waals surface area contributed by atoms with Crippen molar-refractivity contribution in [3.8, 4) is 0 Å². The predicted molar refractivity (Wildman–Crippen MR) is 89.3 cm³/mol. The van der Waals surface area contributed by atoms with Crippen LogP contribution in [0.3, 0.4) is 0 Å². The third-order valence-electron chi connectivity index (χ3n) is 4.42. The van der Waals surface area contributed by atoms with E-state index >= 15 is 0 Å². The summed E-state index contributed by atoms with van der Waals surface area (Å²) in [7, 11) is 0. The first kappa shape index (κ1) is 18.3. The number of esters is 1. The molecule has 2 heteroatoms. The van der Waals surface area contributed by atoms with Crippen molar-refractivity contribution in [2.45, 2.75) is 90.9 Å². The van der Waals surface area contributed by atoms with Crippen molar-refractivity contribution in [1.82, 2.24) is 0 Å². The number of ether oxygens (including phenoxy) is 1. The Morgan fingerprint density at radius 2 is 1.86 bits per heavy atom. The predicted octanol–water partition coefficient (Wildman–Crippen LogP) is 5.81. The van der Waals surface area contributed by atoms with E-state index in [1.165, 1.54) is 64.2 Å². The molecule has 1 aliphatic carbocycles. The van der Waals surface area contributed by atoms with E-state index in [4.69, 9.17) is 4.74 Å². The van der Waals surface area contributed by atoms with E-state index in [1.54, 1.807) is 0 Å². The molecular formula is C19H34O2. The van der Waals surface area contributed by atoms with Crippen molar-refractivity contribution >= 4 is 5.97 Å². The quantitative estimate of drug-likeness (QED) is 0.396. The summed E-state index contributed by atoms with van der Waals surface area (Å²) < 4.78 is 5.19. The third kappa shape index (κ3) is 8.28. The smallest absolute Gasteiger partial charge is 0.333 e. The summed E-state index contributed by atoms with van der Waals surface area (Å²) in [6.45, 7) is 4.63. The monoisotopic (exact) mass is 294 g/mol. The summed E-state index contributed by atoms with van der Waals surface area (Å²) in [4.78, 5) is 12.0. The maximum atomic E-state index is 12.0. The molecule has 1 atom stereocenters. The molecular weight excluding hydrogens is 260 g/mol. The van der Waals surface area contributed by atoms with E-state index in [9.17, 15) is 4.79 Å². The van der Waals surface area contributed by atoms with Crippen molar-refractivity contribution in [3.05, 3.63) is 11.6 Å². The number of hydrogen-bond donors (Lipinski definition) is 0. The highest BCUT2D eigenvalue weighted by Crippen LogP contribution is 2.26. The SMILES string of the molecule is CCCCCCCCC1/C=C(/C(=O)OCC)CCCCC1. The van der Waals surface area contributed by atoms with E-state index in [-0.39, 0.29) is 5.97 Å². The largest absolute Gasteiger partial charge is 0.463 e. The average Bonchev–Trinajstić information content (AvgIpc) is 2.44. The van der Waals surface area contributed by atoms with Crippen LogP contribution in [-0.4, -0.2) is 12.6 Å². The second-order valence-electron chi connectivity index (χ2n) is 6.33. The highest BCUT2D eigenvalue weighted by atomic mass is 16.5. The van der Waals surface area contributed by atoms with Gasteiger partial charge >= 0.3 is 5.97 Å². The van der Waals surface area contributed by atoms with Gasteiger partial charge in [-0.25, -0.2) is 4.79 Å². The highest BCUT2D eigenvalue weighted by Gasteiger charge is 2.16. The number of rotatable bonds is 9. The van der Waals surface area contributed by atoms with Crippen LogP contribution in [0.5, 0.6) is 0 Å². The van der Waals surface area contributed by atoms with Gasteiger partial charge in [0.15, 0.2) is 0 Å². The van der Waals surface area contributed by atoms with Gasteiger partial charge in [0.1, 0.15) is 0 Å². The van der Waals surface area contributed by atoms with Gasteiger partial charge in [-0.1, -0.05) is 64.4 Å². The summed E-state index contributed by atoms with van der Waals surface area (Å²) in [5.41, 5.74) is 0.938. The zero-order chi connectivity index (χ0) is 15.3. The zero-order valence-corrected chi connectivity index (χ0v) is 14.2. The maximum absolute atomic E-state index is 12.0. The van der Waals surface area contributed by atoms with Crippen LogP contribution in [0.4, 0.5) is 0 Å². The number of unbranched alkanes of at least 4 members (excludes halogenated alkanes) is 5. The minimum Gasteiger partial charge on any atom is -0.463 e. The van der Waals surface area contributed by atoms with Crippen LogP contribution < -0.4 is 0 Å². The second kappa shape index (κ2) is 11.8. The molecule has 0 aliphatic heterocycles. The normalized spacial score (nSPS) is 22.0. The summed E-state index contributed by atoms with van der Waals surface area (Å²) in [5, 5.41) is 0. The molecule has 1 rings (SSSR count). The van der Waals surface area contributed by atoms with Crippen LogP contribution in [0.2, 0.25) is 0 Å². The first-order valence-corrected chi connectivity index (χ1v) is 9.15. The lowest BCUT2D eigenvalue weighted by molar-refractivity contribution is -0.138. The molecule has 0 amide bonds. The standard InChI is InChI=1S/C19H34O2/c1-3-5-6-7-8-10-13-17-14-11-9-12-15-18(16-17)19(20)21-4-2/h16-17H,3-15H2,1-2H3/b18-16+. The Bertz CT molecular complexity index is 307. The Morgan fingerprint density at radius 1 is 1.10 bits per heavy atom. The first-order chi connectivity index (χ1) is 10.3. The van der Waals surface area contributed by atoms with Gasteiger partial charge in [-0.3, -0.25) is 0 Å². The van der Waals surface area contributed by atoms with E-state index < -0.39 is 0 Å². The lowest BCUT2D eigenvalue weighted by atomic mass is 9.89. The van der Waals surface area contributed by atoms with Crippen LogP contribution in [0.15, 0.2) is 11.6 Å². The summed E-state index contributed by atoms with van der Waals surface area (Å²) in [6, 6.07) is 0. The fourth-order valence-electron chi connectivity index (χ4n) is 3.16. The van der Waals surface area contributed by atoms with E-state index in [0.29, 0.717) is 12.5 Å². The molecule has 0 saturated heterocycles. The number of carbonyl (C=O) groups is 1. The van der Waals surface area contributed by atoms with Gasteiger partial charge in [0.05, 0.1) is 6.61 Å². The van der Waals surface area contributed by atoms with Gasteiger partial charge in [-0.05, 0) is 38.5 Å². The van der Waals surface area contributed by atoms with Crippen LogP contribution in [0.25, 0.3) is 0 Å². The molecule has 1 unspecified atom stereocenters. The molecule has 0 fully saturated rings. The Morgan fingerprint density at radius 3 is 2.62 bits per heavy atom. The third-order valence-corrected chi connectivity index (χ3v) is 4.42. The van der Waals surface area contributed by atoms with Crippen LogP contribution >= 0.6 is 0 Å². The molecule has 21 heavy (non-hydrogen) atoms. The van der Waals surface area contributed by atoms with Gasteiger partial charge in [0, 0.05) is 5.57 Å². The minimum atomic E-state index is -0.0765. The van der Waals surface area contributed by atoms with E-state index in [0.717, 1.165) is 18.4 Å². The maximum Gasteiger partial charge on any atom is 0.333 e. The second-order valence-corrected chi connectivity index (χ2v) is 6.33. The molecule has 0 radical (unpaired) electrons. The fraction of sp³-hybridized carbons (Fsp3) is 0.842. The minimum absolute atomic E-state index is 0.0765. The molecule has 1 aliphatic rings. The van der Waals surface area contributed by atoms with Gasteiger partial charge in [0.2, 0.25) is 0 Å². The topological polar surface area (TPSA) is 26.3 Å². The molecule has 2 nitrogen and oxygen atoms in total. The van der Waals surface area contributed by atoms with Crippen LogP contribution in [-0.2, 0) is 9.53 Å². The lowest BCUT2D eigenvalue weighted by Crippen LogP contribution is -2.12. The van der Waals surface area contributed by atoms with Gasteiger partial charge < -0.3 is 4.74 Å². The molecule has 0 bridgehead atoms. The molecule has 0 spiro atoms. The number of carbonyl (C=O) groups excluding carboxylic acids is 1. The lowest BCUT2D eigenvalue weighted by Gasteiger charge is -2.18. The van der Waals surface area contributed by atoms with Gasteiger partial charge in [-0.2, -0.15) is 0 Å². The molecule has 0 saturated carbocycles. The van der Waals surface area contributed by atoms with Crippen molar-refractivity contribution in [2.75, 3.05) is 6.61 Å². The number of allylic oxidation sites excluding steroid dienone is 1. The van der Waals surface area contributed by atoms with Gasteiger partial charge in [0.25, 0.3) is 0 Å². The molecule has 0 N–H and O–H groups in total. The fourth-order valence-corrected chi connectivity index (χ4v) is 3.16. The molecule has 122 valence electrons. The average molecular weight is 294 g/mol. The van der Waals surface area contributed by atoms with E-state index in [2.05, 4.69) is 13.0 Å². The first-order valence-electron chi connectivity index (χ1n) is 9.15. The highest BCUT2D eigenvalue weighted by molar-refractivity contribution is 5.88. The van der Waals surface area contributed by atoms with Crippen molar-refractivity contribution < 1.29 is 9.53 Å². The Hall–Kier alpha value is -0.790. The molecule has 0 aromatic rings. The van der Waals surface area contributed by atoms with Crippen LogP contribution in [0.1, 0.15) is 90.9 Å². The van der Waals surface area contributed by atoms with Crippen molar-refractivity contribution in [2.24, 2.45) is 5.92 Å². The Balaban J connectivity index is 2.39. The number of hydrogen-bond acceptors (Lipinski definition) is 2. The Kier molecular flexibility index (Phi) is 10.3. The van der Waals surface area contributed by atoms with Crippen molar-refractivity contribution in [3.63, 3.8) is 0 Å². The zero-order valence-electron chi connectivity index (χ0n) is 14.2.